The Hall–Kier alpha value is -1.07. The summed E-state index contributed by atoms with van der Waals surface area (Å²) in [6.45, 7) is 2.32. The monoisotopic (exact) mass is 370 g/mol. The number of nitrogens with two attached hydrogens (primary N) is 1. The molecule has 1 heterocycles. The smallest absolute Gasteiger partial charge is 0.253 e. The average molecular weight is 372 g/mol. The zero-order chi connectivity index (χ0) is 13.3. The molecule has 2 rings (SSSR count). The molecule has 0 atom stereocenters. The highest BCUT2D eigenvalue weighted by molar-refractivity contribution is 9.10. The molecule has 0 aliphatic heterocycles. The summed E-state index contributed by atoms with van der Waals surface area (Å²) < 4.78 is 3.48. The van der Waals surface area contributed by atoms with E-state index in [0.29, 0.717) is 12.2 Å². The van der Waals surface area contributed by atoms with Gasteiger partial charge < -0.3 is 10.3 Å². The lowest BCUT2D eigenvalue weighted by Gasteiger charge is -2.10. The topological polar surface area (TPSA) is 48.0 Å². The average Bonchev–Trinajstić information content (AvgIpc) is 2.29. The second-order valence-electron chi connectivity index (χ2n) is 4.13. The molecular weight excluding hydrogens is 360 g/mol. The van der Waals surface area contributed by atoms with Gasteiger partial charge in [0, 0.05) is 26.4 Å². The maximum absolute atomic E-state index is 12.0. The zero-order valence-corrected chi connectivity index (χ0v) is 13.0. The van der Waals surface area contributed by atoms with Gasteiger partial charge in [0.15, 0.2) is 0 Å². The molecule has 1 aromatic carbocycles. The Morgan fingerprint density at radius 2 is 2.00 bits per heavy atom. The quantitative estimate of drug-likeness (QED) is 0.823. The lowest BCUT2D eigenvalue weighted by molar-refractivity contribution is 0.747. The molecule has 0 fully saturated rings. The number of benzene rings is 1. The number of nitrogens with zero attached hydrogens (tertiary/aromatic N) is 1. The van der Waals surface area contributed by atoms with E-state index in [1.54, 1.807) is 10.8 Å². The summed E-state index contributed by atoms with van der Waals surface area (Å²) in [5.74, 6) is 0. The molecule has 0 saturated heterocycles. The minimum Gasteiger partial charge on any atom is -0.399 e. The Morgan fingerprint density at radius 3 is 2.67 bits per heavy atom. The molecule has 2 N–H and O–H groups in total. The molecular formula is C13H12Br2N2O. The van der Waals surface area contributed by atoms with Crippen LogP contribution in [0.5, 0.6) is 0 Å². The fraction of sp³-hybridized carbons (Fsp3) is 0.154. The van der Waals surface area contributed by atoms with Gasteiger partial charge in [-0.3, -0.25) is 4.79 Å². The van der Waals surface area contributed by atoms with E-state index < -0.39 is 0 Å². The van der Waals surface area contributed by atoms with E-state index in [0.717, 1.165) is 20.1 Å². The second-order valence-corrected chi connectivity index (χ2v) is 5.90. The molecule has 2 aromatic rings. The molecule has 1 aromatic heterocycles. The molecule has 0 unspecified atom stereocenters. The van der Waals surface area contributed by atoms with E-state index in [4.69, 9.17) is 5.73 Å². The number of hydrogen-bond acceptors (Lipinski definition) is 2. The van der Waals surface area contributed by atoms with Crippen LogP contribution in [0.15, 0.2) is 44.2 Å². The highest BCUT2D eigenvalue weighted by atomic mass is 79.9. The van der Waals surface area contributed by atoms with Gasteiger partial charge in [-0.15, -0.1) is 0 Å². The number of aromatic nitrogens is 1. The SMILES string of the molecule is Cc1cc(Br)cn(Cc2ccc(N)cc2Br)c1=O. The van der Waals surface area contributed by atoms with Crippen LogP contribution in [0.4, 0.5) is 5.69 Å². The van der Waals surface area contributed by atoms with E-state index in [-0.39, 0.29) is 5.56 Å². The molecule has 3 nitrogen and oxygen atoms in total. The maximum atomic E-state index is 12.0. The minimum atomic E-state index is 0.0157. The standard InChI is InChI=1S/C13H12Br2N2O/c1-8-4-10(14)7-17(13(8)18)6-9-2-3-11(16)5-12(9)15/h2-5,7H,6,16H2,1H3. The van der Waals surface area contributed by atoms with Crippen molar-refractivity contribution in [3.63, 3.8) is 0 Å². The molecule has 0 bridgehead atoms. The van der Waals surface area contributed by atoms with Crippen LogP contribution in [0, 0.1) is 6.92 Å². The molecule has 5 heteroatoms. The molecule has 0 spiro atoms. The summed E-state index contributed by atoms with van der Waals surface area (Å²) in [4.78, 5) is 12.0. The summed E-state index contributed by atoms with van der Waals surface area (Å²) >= 11 is 6.86. The Bertz CT molecular complexity index is 650. The van der Waals surface area contributed by atoms with Crippen LogP contribution in [0.25, 0.3) is 0 Å². The van der Waals surface area contributed by atoms with Gasteiger partial charge in [-0.25, -0.2) is 0 Å². The van der Waals surface area contributed by atoms with Gasteiger partial charge in [-0.05, 0) is 46.6 Å². The lowest BCUT2D eigenvalue weighted by atomic mass is 10.2. The predicted octanol–water partition coefficient (Wildman–Crippen LogP) is 3.31. The number of anilines is 1. The number of pyridine rings is 1. The van der Waals surface area contributed by atoms with Crippen LogP contribution in [-0.2, 0) is 6.54 Å². The van der Waals surface area contributed by atoms with Crippen molar-refractivity contribution >= 4 is 37.5 Å². The molecule has 0 radical (unpaired) electrons. The molecule has 18 heavy (non-hydrogen) atoms. The fourth-order valence-corrected chi connectivity index (χ4v) is 2.85. The van der Waals surface area contributed by atoms with Crippen LogP contribution in [0.3, 0.4) is 0 Å². The van der Waals surface area contributed by atoms with E-state index in [1.165, 1.54) is 0 Å². The zero-order valence-electron chi connectivity index (χ0n) is 9.78. The maximum Gasteiger partial charge on any atom is 0.253 e. The van der Waals surface area contributed by atoms with Crippen LogP contribution in [-0.4, -0.2) is 4.57 Å². The van der Waals surface area contributed by atoms with Gasteiger partial charge >= 0.3 is 0 Å². The number of nitrogen functional groups attached to an aromatic ring is 1. The Labute approximate surface area is 122 Å². The van der Waals surface area contributed by atoms with Crippen molar-refractivity contribution in [2.75, 3.05) is 5.73 Å². The minimum absolute atomic E-state index is 0.0157. The van der Waals surface area contributed by atoms with Crippen LogP contribution < -0.4 is 11.3 Å². The summed E-state index contributed by atoms with van der Waals surface area (Å²) in [5, 5.41) is 0. The van der Waals surface area contributed by atoms with Gasteiger partial charge in [0.2, 0.25) is 0 Å². The first-order chi connectivity index (χ1) is 8.47. The van der Waals surface area contributed by atoms with Crippen molar-refractivity contribution in [3.05, 3.63) is 60.9 Å². The molecule has 0 aliphatic rings. The highest BCUT2D eigenvalue weighted by Gasteiger charge is 2.05. The van der Waals surface area contributed by atoms with Crippen LogP contribution in [0.1, 0.15) is 11.1 Å². The van der Waals surface area contributed by atoms with Crippen LogP contribution >= 0.6 is 31.9 Å². The second kappa shape index (κ2) is 5.28. The fourth-order valence-electron chi connectivity index (χ4n) is 1.73. The third-order valence-corrected chi connectivity index (χ3v) is 3.82. The summed E-state index contributed by atoms with van der Waals surface area (Å²) in [7, 11) is 0. The van der Waals surface area contributed by atoms with Gasteiger partial charge in [0.1, 0.15) is 0 Å². The number of aryl methyl sites for hydroxylation is 1. The van der Waals surface area contributed by atoms with Crippen molar-refractivity contribution in [2.45, 2.75) is 13.5 Å². The number of hydrogen-bond donors (Lipinski definition) is 1. The Morgan fingerprint density at radius 1 is 1.28 bits per heavy atom. The first-order valence-electron chi connectivity index (χ1n) is 5.38. The van der Waals surface area contributed by atoms with E-state index >= 15 is 0 Å². The first-order valence-corrected chi connectivity index (χ1v) is 6.96. The van der Waals surface area contributed by atoms with Crippen LogP contribution in [0.2, 0.25) is 0 Å². The Kier molecular flexibility index (Phi) is 3.92. The van der Waals surface area contributed by atoms with Gasteiger partial charge in [0.25, 0.3) is 5.56 Å². The molecule has 94 valence electrons. The predicted molar refractivity (Wildman–Crippen MR) is 80.8 cm³/mol. The molecule has 0 aliphatic carbocycles. The molecule has 0 saturated carbocycles. The Balaban J connectivity index is 2.43. The summed E-state index contributed by atoms with van der Waals surface area (Å²) in [6.07, 6.45) is 1.79. The molecule has 0 amide bonds. The van der Waals surface area contributed by atoms with Crippen molar-refractivity contribution in [2.24, 2.45) is 0 Å². The van der Waals surface area contributed by atoms with Crippen molar-refractivity contribution < 1.29 is 0 Å². The van der Waals surface area contributed by atoms with E-state index in [2.05, 4.69) is 31.9 Å². The van der Waals surface area contributed by atoms with E-state index in [9.17, 15) is 4.79 Å². The van der Waals surface area contributed by atoms with Crippen molar-refractivity contribution in [1.82, 2.24) is 4.57 Å². The summed E-state index contributed by atoms with van der Waals surface area (Å²) in [6, 6.07) is 7.40. The van der Waals surface area contributed by atoms with Crippen molar-refractivity contribution in [1.29, 1.82) is 0 Å². The number of rotatable bonds is 2. The van der Waals surface area contributed by atoms with Gasteiger partial charge in [-0.2, -0.15) is 0 Å². The number of halogens is 2. The van der Waals surface area contributed by atoms with E-state index in [1.807, 2.05) is 31.2 Å². The normalized spacial score (nSPS) is 10.6. The van der Waals surface area contributed by atoms with Gasteiger partial charge in [0.05, 0.1) is 6.54 Å². The highest BCUT2D eigenvalue weighted by Crippen LogP contribution is 2.21. The lowest BCUT2D eigenvalue weighted by Crippen LogP contribution is -2.22. The summed E-state index contributed by atoms with van der Waals surface area (Å²) in [5.41, 5.74) is 8.14. The third-order valence-electron chi connectivity index (χ3n) is 2.65. The van der Waals surface area contributed by atoms with Crippen molar-refractivity contribution in [3.8, 4) is 0 Å². The van der Waals surface area contributed by atoms with Gasteiger partial charge in [-0.1, -0.05) is 22.0 Å². The largest absolute Gasteiger partial charge is 0.399 e. The first kappa shape index (κ1) is 13.4. The third kappa shape index (κ3) is 2.84.